The topological polar surface area (TPSA) is 84.7 Å². The van der Waals surface area contributed by atoms with E-state index in [-0.39, 0.29) is 11.9 Å². The zero-order valence-corrected chi connectivity index (χ0v) is 14.4. The second-order valence-corrected chi connectivity index (χ2v) is 6.91. The number of hydrogen-bond donors (Lipinski definition) is 2. The lowest BCUT2D eigenvalue weighted by Gasteiger charge is -2.23. The Hall–Kier alpha value is -2.86. The fraction of sp³-hybridized carbons (Fsp3) is 0.300. The summed E-state index contributed by atoms with van der Waals surface area (Å²) < 4.78 is 5.73. The van der Waals surface area contributed by atoms with Crippen LogP contribution < -0.4 is 15.8 Å². The van der Waals surface area contributed by atoms with Crippen LogP contribution in [-0.4, -0.2) is 42.4 Å². The fourth-order valence-electron chi connectivity index (χ4n) is 3.72. The summed E-state index contributed by atoms with van der Waals surface area (Å²) in [6.45, 7) is 3.20. The molecule has 4 rings (SSSR count). The van der Waals surface area contributed by atoms with E-state index in [9.17, 15) is 9.59 Å². The molecule has 2 aliphatic heterocycles. The molecule has 2 amide bonds. The highest BCUT2D eigenvalue weighted by molar-refractivity contribution is 5.94. The van der Waals surface area contributed by atoms with Gasteiger partial charge in [-0.15, -0.1) is 0 Å². The Balaban J connectivity index is 1.39. The zero-order chi connectivity index (χ0) is 18.1. The molecule has 0 aromatic heterocycles. The molecule has 3 N–H and O–H groups in total. The van der Waals surface area contributed by atoms with Gasteiger partial charge in [-0.05, 0) is 61.3 Å². The third kappa shape index (κ3) is 3.41. The Labute approximate surface area is 151 Å². The predicted octanol–water partition coefficient (Wildman–Crippen LogP) is 2.01. The molecule has 3 atom stereocenters. The van der Waals surface area contributed by atoms with Crippen molar-refractivity contribution in [2.24, 2.45) is 11.7 Å². The number of piperidine rings is 1. The van der Waals surface area contributed by atoms with Crippen LogP contribution in [0.15, 0.2) is 48.5 Å². The van der Waals surface area contributed by atoms with Crippen molar-refractivity contribution in [2.45, 2.75) is 12.5 Å². The Morgan fingerprint density at radius 1 is 1.04 bits per heavy atom. The summed E-state index contributed by atoms with van der Waals surface area (Å²) in [5.74, 6) is 1.15. The van der Waals surface area contributed by atoms with E-state index in [0.717, 1.165) is 19.6 Å². The molecule has 2 aliphatic rings. The van der Waals surface area contributed by atoms with Crippen LogP contribution in [0.1, 0.15) is 27.1 Å². The molecule has 0 aliphatic carbocycles. The molecule has 134 valence electrons. The summed E-state index contributed by atoms with van der Waals surface area (Å²) in [4.78, 5) is 26.1. The number of nitrogens with two attached hydrogens (primary N) is 1. The van der Waals surface area contributed by atoms with Crippen molar-refractivity contribution >= 4 is 11.8 Å². The first-order valence-corrected chi connectivity index (χ1v) is 8.79. The van der Waals surface area contributed by atoms with Gasteiger partial charge in [-0.3, -0.25) is 9.59 Å². The van der Waals surface area contributed by atoms with E-state index < -0.39 is 5.91 Å². The largest absolute Gasteiger partial charge is 0.457 e. The van der Waals surface area contributed by atoms with Crippen molar-refractivity contribution in [1.29, 1.82) is 0 Å². The third-order valence-corrected chi connectivity index (χ3v) is 5.12. The van der Waals surface area contributed by atoms with E-state index in [1.54, 1.807) is 48.5 Å². The Morgan fingerprint density at radius 2 is 1.85 bits per heavy atom. The van der Waals surface area contributed by atoms with Gasteiger partial charge in [-0.1, -0.05) is 6.07 Å². The van der Waals surface area contributed by atoms with E-state index in [1.807, 2.05) is 0 Å². The second-order valence-electron chi connectivity index (χ2n) is 6.91. The summed E-state index contributed by atoms with van der Waals surface area (Å²) >= 11 is 0. The molecular formula is C20H21N3O3. The van der Waals surface area contributed by atoms with Crippen molar-refractivity contribution in [1.82, 2.24) is 10.2 Å². The number of rotatable bonds is 5. The predicted molar refractivity (Wildman–Crippen MR) is 97.3 cm³/mol. The molecule has 2 unspecified atom stereocenters. The van der Waals surface area contributed by atoms with Gasteiger partial charge in [0, 0.05) is 30.3 Å². The lowest BCUT2D eigenvalue weighted by molar-refractivity contribution is 0.0923. The van der Waals surface area contributed by atoms with Crippen LogP contribution in [0.3, 0.4) is 0 Å². The van der Waals surface area contributed by atoms with Crippen LogP contribution in [0.25, 0.3) is 0 Å². The first kappa shape index (κ1) is 16.6. The van der Waals surface area contributed by atoms with Crippen LogP contribution >= 0.6 is 0 Å². The van der Waals surface area contributed by atoms with Gasteiger partial charge in [0.25, 0.3) is 5.91 Å². The molecule has 2 fully saturated rings. The molecule has 2 bridgehead atoms. The summed E-state index contributed by atoms with van der Waals surface area (Å²) in [5, 5.41) is 3.14. The monoisotopic (exact) mass is 351 g/mol. The maximum absolute atomic E-state index is 12.4. The number of nitrogens with one attached hydrogen (secondary N) is 1. The van der Waals surface area contributed by atoms with Gasteiger partial charge >= 0.3 is 0 Å². The molecule has 2 aromatic carbocycles. The summed E-state index contributed by atoms with van der Waals surface area (Å²) in [6, 6.07) is 13.9. The van der Waals surface area contributed by atoms with Gasteiger partial charge in [0.2, 0.25) is 5.91 Å². The molecule has 26 heavy (non-hydrogen) atoms. The van der Waals surface area contributed by atoms with Gasteiger partial charge in [0.1, 0.15) is 11.5 Å². The number of fused-ring (bicyclic) bond motifs is 2. The molecule has 2 heterocycles. The quantitative estimate of drug-likeness (QED) is 0.863. The lowest BCUT2D eigenvalue weighted by Crippen LogP contribution is -2.43. The van der Waals surface area contributed by atoms with Gasteiger partial charge in [-0.2, -0.15) is 0 Å². The molecule has 0 radical (unpaired) electrons. The third-order valence-electron chi connectivity index (χ3n) is 5.12. The Bertz CT molecular complexity index is 834. The number of carbonyl (C=O) groups is 2. The minimum atomic E-state index is -0.501. The summed E-state index contributed by atoms with van der Waals surface area (Å²) in [5.41, 5.74) is 6.28. The number of benzene rings is 2. The summed E-state index contributed by atoms with van der Waals surface area (Å²) in [7, 11) is 0. The first-order chi connectivity index (χ1) is 12.6. The Kier molecular flexibility index (Phi) is 4.34. The van der Waals surface area contributed by atoms with Crippen molar-refractivity contribution in [3.8, 4) is 11.5 Å². The number of primary amides is 1. The number of amides is 2. The van der Waals surface area contributed by atoms with Gasteiger partial charge in [0.05, 0.1) is 0 Å². The minimum absolute atomic E-state index is 0.0500. The molecule has 6 heteroatoms. The number of nitrogens with zero attached hydrogens (tertiary/aromatic N) is 1. The molecular weight excluding hydrogens is 330 g/mol. The van der Waals surface area contributed by atoms with E-state index in [4.69, 9.17) is 10.5 Å². The van der Waals surface area contributed by atoms with Crippen molar-refractivity contribution in [3.63, 3.8) is 0 Å². The standard InChI is InChI=1S/C20H21N3O3/c21-19(24)14-2-1-3-17(10-14)26-16-6-4-13(5-7-16)20(25)22-18-12-23-9-8-15(18)11-23/h1-7,10,15,18H,8-9,11-12H2,(H2,21,24)(H,22,25)/t15-,18?/m0/s1. The summed E-state index contributed by atoms with van der Waals surface area (Å²) in [6.07, 6.45) is 1.17. The van der Waals surface area contributed by atoms with Crippen LogP contribution in [-0.2, 0) is 0 Å². The van der Waals surface area contributed by atoms with Crippen molar-refractivity contribution < 1.29 is 14.3 Å². The number of carbonyl (C=O) groups excluding carboxylic acids is 2. The van der Waals surface area contributed by atoms with Gasteiger partial charge in [-0.25, -0.2) is 0 Å². The van der Waals surface area contributed by atoms with Crippen molar-refractivity contribution in [2.75, 3.05) is 19.6 Å². The average Bonchev–Trinajstić information content (AvgIpc) is 3.25. The molecule has 0 spiro atoms. The van der Waals surface area contributed by atoms with Crippen molar-refractivity contribution in [3.05, 3.63) is 59.7 Å². The minimum Gasteiger partial charge on any atom is -0.457 e. The van der Waals surface area contributed by atoms with E-state index in [1.165, 1.54) is 6.42 Å². The number of ether oxygens (including phenoxy) is 1. The van der Waals surface area contributed by atoms with E-state index in [2.05, 4.69) is 10.2 Å². The van der Waals surface area contributed by atoms with Crippen LogP contribution in [0.2, 0.25) is 0 Å². The normalized spacial score (nSPS) is 23.6. The SMILES string of the molecule is NC(=O)c1cccc(Oc2ccc(C(=O)NC3CN4CC[C@H]3C4)cc2)c1. The van der Waals surface area contributed by atoms with Crippen LogP contribution in [0.5, 0.6) is 11.5 Å². The number of hydrogen-bond acceptors (Lipinski definition) is 4. The maximum Gasteiger partial charge on any atom is 0.251 e. The van der Waals surface area contributed by atoms with Crippen LogP contribution in [0, 0.1) is 5.92 Å². The molecule has 0 saturated carbocycles. The highest BCUT2D eigenvalue weighted by Crippen LogP contribution is 2.28. The van der Waals surface area contributed by atoms with Gasteiger partial charge in [0.15, 0.2) is 0 Å². The lowest BCUT2D eigenvalue weighted by atomic mass is 9.99. The second kappa shape index (κ2) is 6.80. The van der Waals surface area contributed by atoms with Crippen LogP contribution in [0.4, 0.5) is 0 Å². The first-order valence-electron chi connectivity index (χ1n) is 8.79. The maximum atomic E-state index is 12.4. The zero-order valence-electron chi connectivity index (χ0n) is 14.4. The fourth-order valence-corrected chi connectivity index (χ4v) is 3.72. The average molecular weight is 351 g/mol. The van der Waals surface area contributed by atoms with Gasteiger partial charge < -0.3 is 20.7 Å². The molecule has 6 nitrogen and oxygen atoms in total. The molecule has 2 aromatic rings. The Morgan fingerprint density at radius 3 is 2.50 bits per heavy atom. The van der Waals surface area contributed by atoms with E-state index in [0.29, 0.717) is 28.5 Å². The highest BCUT2D eigenvalue weighted by Gasteiger charge is 2.38. The highest BCUT2D eigenvalue weighted by atomic mass is 16.5. The molecule has 2 saturated heterocycles. The smallest absolute Gasteiger partial charge is 0.251 e. The van der Waals surface area contributed by atoms with E-state index >= 15 is 0 Å².